The van der Waals surface area contributed by atoms with Crippen LogP contribution in [0.1, 0.15) is 40.0 Å². The fourth-order valence-electron chi connectivity index (χ4n) is 7.37. The number of aliphatic hydroxyl groups excluding tert-OH is 10. The van der Waals surface area contributed by atoms with Crippen LogP contribution in [-0.4, -0.2) is 244 Å². The summed E-state index contributed by atoms with van der Waals surface area (Å²) in [4.78, 5) is 74.0. The first-order chi connectivity index (χ1) is 29.7. The normalized spacial score (nSPS) is 36.0. The number of nitrogens with two attached hydrogens (primary N) is 1. The van der Waals surface area contributed by atoms with Gasteiger partial charge in [0.15, 0.2) is 0 Å². The van der Waals surface area contributed by atoms with E-state index >= 15 is 0 Å². The molecule has 3 rings (SSSR count). The summed E-state index contributed by atoms with van der Waals surface area (Å²) in [5.41, 5.74) is 5.31. The molecule has 0 aliphatic carbocycles. The second kappa shape index (κ2) is 22.6. The molecule has 29 nitrogen and oxygen atoms in total. The lowest BCUT2D eigenvalue weighted by Gasteiger charge is -2.48. The van der Waals surface area contributed by atoms with Crippen molar-refractivity contribution < 1.29 is 124 Å². The second-order valence-electron chi connectivity index (χ2n) is 15.5. The van der Waals surface area contributed by atoms with Crippen LogP contribution >= 0.6 is 0 Å². The van der Waals surface area contributed by atoms with Gasteiger partial charge >= 0.3 is 17.9 Å². The SMILES string of the molecule is CC(=O)N[C@H]1[C@H]([C@H](O)[C@H](O)CO)O[C@](OC[C@@H](O)[C@@H](O)[C@@H]2O[C@](OC[C@@H](O)[C@@H](O)[C@@H]3O[C@](O)(C(=O)OCCN)C[C@H](O)[C@H]3NC(C)=O)(C(=O)O)C[C@H](O)[C@H]2NC(C)=O)(C(=O)O)C[C@@H]1O. The molecule has 3 fully saturated rings. The van der Waals surface area contributed by atoms with E-state index in [1.165, 1.54) is 0 Å². The lowest BCUT2D eigenvalue weighted by molar-refractivity contribution is -0.329. The first-order valence-electron chi connectivity index (χ1n) is 19.6. The second-order valence-corrected chi connectivity index (χ2v) is 15.5. The number of hydrogen-bond acceptors (Lipinski definition) is 24. The van der Waals surface area contributed by atoms with E-state index in [0.717, 1.165) is 20.8 Å². The van der Waals surface area contributed by atoms with E-state index < -0.39 is 190 Å². The van der Waals surface area contributed by atoms with Gasteiger partial charge < -0.3 is 116 Å². The number of amides is 3. The predicted molar refractivity (Wildman–Crippen MR) is 200 cm³/mol. The largest absolute Gasteiger partial charge is 0.477 e. The maximum atomic E-state index is 12.8. The average Bonchev–Trinajstić information content (AvgIpc) is 3.21. The zero-order valence-corrected chi connectivity index (χ0v) is 34.6. The number of aliphatic carboxylic acids is 2. The smallest absolute Gasteiger partial charge is 0.366 e. The quantitative estimate of drug-likeness (QED) is 0.0475. The van der Waals surface area contributed by atoms with Gasteiger partial charge in [-0.3, -0.25) is 14.4 Å². The number of carbonyl (C=O) groups excluding carboxylic acids is 4. The van der Waals surface area contributed by atoms with Crippen molar-refractivity contribution in [3.63, 3.8) is 0 Å². The Bertz CT molecular complexity index is 1650. The molecule has 0 spiro atoms. The Morgan fingerprint density at radius 1 is 0.625 bits per heavy atom. The van der Waals surface area contributed by atoms with Crippen LogP contribution < -0.4 is 21.7 Å². The van der Waals surface area contributed by atoms with Gasteiger partial charge in [-0.25, -0.2) is 14.4 Å². The van der Waals surface area contributed by atoms with Crippen molar-refractivity contribution in [3.8, 4) is 0 Å². The van der Waals surface area contributed by atoms with E-state index in [1.807, 2.05) is 0 Å². The number of aliphatic hydroxyl groups is 11. The van der Waals surface area contributed by atoms with Crippen molar-refractivity contribution in [1.29, 1.82) is 0 Å². The van der Waals surface area contributed by atoms with Crippen molar-refractivity contribution in [2.24, 2.45) is 5.73 Å². The van der Waals surface area contributed by atoms with Crippen LogP contribution in [0.2, 0.25) is 0 Å². The fourth-order valence-corrected chi connectivity index (χ4v) is 7.37. The molecule has 0 aromatic rings. The van der Waals surface area contributed by atoms with Crippen molar-refractivity contribution in [1.82, 2.24) is 16.0 Å². The van der Waals surface area contributed by atoms with E-state index in [2.05, 4.69) is 16.0 Å². The summed E-state index contributed by atoms with van der Waals surface area (Å²) in [5.74, 6) is -17.2. The Morgan fingerprint density at radius 3 is 1.30 bits per heavy atom. The van der Waals surface area contributed by atoms with Gasteiger partial charge in [0.25, 0.3) is 17.4 Å². The van der Waals surface area contributed by atoms with Gasteiger partial charge in [0.2, 0.25) is 17.7 Å². The molecule has 0 saturated carbocycles. The van der Waals surface area contributed by atoms with Crippen molar-refractivity contribution >= 4 is 35.6 Å². The summed E-state index contributed by atoms with van der Waals surface area (Å²) in [6, 6.07) is -5.04. The summed E-state index contributed by atoms with van der Waals surface area (Å²) >= 11 is 0. The highest BCUT2D eigenvalue weighted by atomic mass is 16.7. The maximum absolute atomic E-state index is 12.8. The molecular formula is C35H58N4O25. The monoisotopic (exact) mass is 934 g/mol. The number of carboxylic acid groups (broad SMARTS) is 2. The highest BCUT2D eigenvalue weighted by Crippen LogP contribution is 2.37. The minimum atomic E-state index is -3.15. The summed E-state index contributed by atoms with van der Waals surface area (Å²) in [6.45, 7) is -1.42. The van der Waals surface area contributed by atoms with Gasteiger partial charge in [0.05, 0.1) is 56.3 Å². The highest BCUT2D eigenvalue weighted by Gasteiger charge is 2.59. The third-order valence-corrected chi connectivity index (χ3v) is 10.5. The maximum Gasteiger partial charge on any atom is 0.366 e. The van der Waals surface area contributed by atoms with Crippen molar-refractivity contribution in [2.45, 2.75) is 149 Å². The van der Waals surface area contributed by atoms with Crippen LogP contribution in [0, 0.1) is 0 Å². The lowest BCUT2D eigenvalue weighted by atomic mass is 9.87. The minimum Gasteiger partial charge on any atom is -0.477 e. The number of hydrogen-bond donors (Lipinski definition) is 17. The molecule has 3 aliphatic heterocycles. The molecule has 18 N–H and O–H groups in total. The van der Waals surface area contributed by atoms with E-state index in [-0.39, 0.29) is 6.54 Å². The number of ether oxygens (including phenoxy) is 6. The Hall–Kier alpha value is -3.86. The molecule has 0 aromatic heterocycles. The Labute approximate surface area is 362 Å². The zero-order valence-electron chi connectivity index (χ0n) is 34.6. The Balaban J connectivity index is 1.91. The van der Waals surface area contributed by atoms with Gasteiger partial charge in [-0.05, 0) is 0 Å². The van der Waals surface area contributed by atoms with Crippen LogP contribution in [0.15, 0.2) is 0 Å². The molecule has 0 aromatic carbocycles. The molecule has 3 aliphatic rings. The number of nitrogens with one attached hydrogen (secondary N) is 3. The van der Waals surface area contributed by atoms with Crippen LogP contribution in [0.5, 0.6) is 0 Å². The number of rotatable bonds is 21. The van der Waals surface area contributed by atoms with E-state index in [9.17, 15) is 95.2 Å². The number of carbonyl (C=O) groups is 6. The van der Waals surface area contributed by atoms with Crippen LogP contribution in [0.25, 0.3) is 0 Å². The van der Waals surface area contributed by atoms with Crippen LogP contribution in [-0.2, 0) is 57.2 Å². The van der Waals surface area contributed by atoms with Gasteiger partial charge in [0, 0.05) is 46.6 Å². The van der Waals surface area contributed by atoms with Gasteiger partial charge in [-0.1, -0.05) is 0 Å². The molecule has 18 atom stereocenters. The van der Waals surface area contributed by atoms with Crippen molar-refractivity contribution in [2.75, 3.05) is 33.0 Å². The standard InChI is InChI=1S/C35H58N4O25/c1-12(41)37-21-15(44)6-33(58,32(57)59-5-4-36)62-27(21)25(51)19(48)10-60-35(31(55)56)8-17(46)23(39-14(3)43)29(64-35)26(52)20(49)11-61-34(30(53)54)7-16(45)22(38-13(2)42)28(63-34)24(50)18(47)9-40/h15-29,40,44-52,58H,4-11,36H2,1-3H3,(H,37,41)(H,38,42)(H,39,43)(H,53,54)(H,55,56)/t15-,16-,17-,18+,19+,20+,21+,22+,23+,24+,25+,26+,27+,28+,29+,33-,34-,35-/m0/s1. The number of esters is 1. The summed E-state index contributed by atoms with van der Waals surface area (Å²) in [6.07, 6.45) is -29.0. The van der Waals surface area contributed by atoms with Crippen LogP contribution in [0.4, 0.5) is 0 Å². The molecule has 64 heavy (non-hydrogen) atoms. The molecule has 0 unspecified atom stereocenters. The molecule has 3 saturated heterocycles. The van der Waals surface area contributed by atoms with Gasteiger partial charge in [0.1, 0.15) is 61.5 Å². The van der Waals surface area contributed by atoms with E-state index in [4.69, 9.17) is 34.2 Å². The third-order valence-electron chi connectivity index (χ3n) is 10.5. The average molecular weight is 935 g/mol. The van der Waals surface area contributed by atoms with Crippen LogP contribution in [0.3, 0.4) is 0 Å². The highest BCUT2D eigenvalue weighted by molar-refractivity contribution is 5.79. The summed E-state index contributed by atoms with van der Waals surface area (Å²) in [5, 5.41) is 146. The minimum absolute atomic E-state index is 0.196. The molecule has 3 amide bonds. The summed E-state index contributed by atoms with van der Waals surface area (Å²) < 4.78 is 31.9. The molecule has 0 radical (unpaired) electrons. The molecular weight excluding hydrogens is 876 g/mol. The van der Waals surface area contributed by atoms with Gasteiger partial charge in [-0.2, -0.15) is 0 Å². The first kappa shape index (κ1) is 54.5. The molecule has 0 bridgehead atoms. The predicted octanol–water partition coefficient (Wildman–Crippen LogP) is -10.1. The Kier molecular flexibility index (Phi) is 19.2. The van der Waals surface area contributed by atoms with Gasteiger partial charge in [-0.15, -0.1) is 0 Å². The Morgan fingerprint density at radius 2 is 0.969 bits per heavy atom. The molecule has 29 heteroatoms. The first-order valence-corrected chi connectivity index (χ1v) is 19.6. The van der Waals surface area contributed by atoms with Crippen molar-refractivity contribution in [3.05, 3.63) is 0 Å². The fraction of sp³-hybridized carbons (Fsp3) is 0.829. The topological polar surface area (TPSA) is 483 Å². The van der Waals surface area contributed by atoms with E-state index in [1.54, 1.807) is 0 Å². The van der Waals surface area contributed by atoms with E-state index in [0.29, 0.717) is 0 Å². The summed E-state index contributed by atoms with van der Waals surface area (Å²) in [7, 11) is 0. The molecule has 368 valence electrons. The zero-order chi connectivity index (χ0) is 48.6. The lowest BCUT2D eigenvalue weighted by Crippen LogP contribution is -2.69. The molecule has 3 heterocycles. The third kappa shape index (κ3) is 12.7. The number of carboxylic acids is 2.